The third kappa shape index (κ3) is 9.95. The number of urea groups is 1. The SMILES string of the molecule is C=CCNC(=O)C(=O)C(CCC)NC(=O)[C@@H]1[C@@H]2[C@H](CN1C(=O)[C@@H](NC(=O)N[C@H](CN(C)S(=O)(=O)c1ccc(C(C)=O)cc1)C(C)(C)C)C(C)(C)C)C2(C)C. The van der Waals surface area contributed by atoms with Crippen LogP contribution in [-0.2, 0) is 29.2 Å². The van der Waals surface area contributed by atoms with Crippen molar-refractivity contribution in [3.63, 3.8) is 0 Å². The summed E-state index contributed by atoms with van der Waals surface area (Å²) in [5.41, 5.74) is -1.30. The molecule has 1 aliphatic heterocycles. The van der Waals surface area contributed by atoms with Crippen LogP contribution in [0.3, 0.4) is 0 Å². The standard InChI is InChI=1S/C39H60N6O8S/c1-13-15-27(31(47)34(49)40-20-14-2)41-33(48)30-29-26(39(29,10)11)21-45(30)35(50)32(38(7,8)9)43-36(51)42-28(37(4,5)6)22-44(12)54(52,53)25-18-16-24(17-19-25)23(3)46/h14,16-19,26-30,32H,2,13,15,20-22H2,1,3-12H3,(H,40,49)(H,41,48)(H2,42,43,51)/t26-,27?,28+,29-,30-,32+/m0/s1. The number of amides is 5. The molecule has 1 aliphatic carbocycles. The Labute approximate surface area is 320 Å². The molecule has 0 aromatic heterocycles. The number of hydrogen-bond donors (Lipinski definition) is 4. The molecule has 54 heavy (non-hydrogen) atoms. The molecule has 3 rings (SSSR count). The van der Waals surface area contributed by atoms with E-state index in [9.17, 15) is 37.2 Å². The van der Waals surface area contributed by atoms with Gasteiger partial charge in [0.1, 0.15) is 12.1 Å². The van der Waals surface area contributed by atoms with Crippen LogP contribution in [0.2, 0.25) is 0 Å². The van der Waals surface area contributed by atoms with Crippen molar-refractivity contribution in [3.05, 3.63) is 42.5 Å². The van der Waals surface area contributed by atoms with Crippen molar-refractivity contribution < 1.29 is 37.2 Å². The van der Waals surface area contributed by atoms with E-state index in [0.29, 0.717) is 12.0 Å². The number of sulfonamides is 1. The summed E-state index contributed by atoms with van der Waals surface area (Å²) in [4.78, 5) is 80.9. The summed E-state index contributed by atoms with van der Waals surface area (Å²) in [7, 11) is -2.58. The third-order valence-corrected chi connectivity index (χ3v) is 12.6. The summed E-state index contributed by atoms with van der Waals surface area (Å²) in [6.45, 7) is 22.0. The van der Waals surface area contributed by atoms with Crippen molar-refractivity contribution in [1.29, 1.82) is 0 Å². The summed E-state index contributed by atoms with van der Waals surface area (Å²) in [5.74, 6) is -2.98. The fourth-order valence-electron chi connectivity index (χ4n) is 7.12. The number of likely N-dealkylation sites (tertiary alicyclic amines) is 1. The van der Waals surface area contributed by atoms with Crippen molar-refractivity contribution >= 4 is 45.3 Å². The maximum atomic E-state index is 14.5. The Balaban J connectivity index is 1.83. The zero-order chi connectivity index (χ0) is 41.1. The summed E-state index contributed by atoms with van der Waals surface area (Å²) >= 11 is 0. The van der Waals surface area contributed by atoms with E-state index < -0.39 is 74.6 Å². The maximum absolute atomic E-state index is 14.5. The summed E-state index contributed by atoms with van der Waals surface area (Å²) in [5, 5.41) is 11.0. The molecule has 1 saturated heterocycles. The molecule has 4 N–H and O–H groups in total. The Bertz CT molecular complexity index is 1730. The molecule has 1 heterocycles. The zero-order valence-electron chi connectivity index (χ0n) is 33.7. The van der Waals surface area contributed by atoms with Crippen LogP contribution < -0.4 is 21.3 Å². The third-order valence-electron chi connectivity index (χ3n) is 10.7. The number of nitrogens with zero attached hydrogens (tertiary/aromatic N) is 2. The number of benzene rings is 1. The molecule has 6 atom stereocenters. The van der Waals surface area contributed by atoms with Gasteiger partial charge in [0.25, 0.3) is 5.91 Å². The van der Waals surface area contributed by atoms with E-state index in [1.165, 1.54) is 49.2 Å². The molecule has 14 nitrogen and oxygen atoms in total. The van der Waals surface area contributed by atoms with Crippen LogP contribution in [-0.4, -0.2) is 104 Å². The molecule has 15 heteroatoms. The predicted molar refractivity (Wildman–Crippen MR) is 206 cm³/mol. The Morgan fingerprint density at radius 2 is 1.57 bits per heavy atom. The molecule has 5 amide bonds. The van der Waals surface area contributed by atoms with Gasteiger partial charge in [-0.25, -0.2) is 13.2 Å². The first kappa shape index (κ1) is 44.3. The maximum Gasteiger partial charge on any atom is 0.315 e. The van der Waals surface area contributed by atoms with Gasteiger partial charge in [-0.1, -0.05) is 86.9 Å². The molecule has 0 bridgehead atoms. The molecule has 0 radical (unpaired) electrons. The van der Waals surface area contributed by atoms with Gasteiger partial charge < -0.3 is 26.2 Å². The number of ketones is 2. The lowest BCUT2D eigenvalue weighted by Crippen LogP contribution is -2.62. The van der Waals surface area contributed by atoms with E-state index in [1.807, 2.05) is 41.5 Å². The fourth-order valence-corrected chi connectivity index (χ4v) is 8.30. The topological polar surface area (TPSA) is 191 Å². The van der Waals surface area contributed by atoms with Crippen LogP contribution >= 0.6 is 0 Å². The van der Waals surface area contributed by atoms with Gasteiger partial charge in [0.2, 0.25) is 27.6 Å². The van der Waals surface area contributed by atoms with Gasteiger partial charge in [-0.3, -0.25) is 24.0 Å². The minimum Gasteiger partial charge on any atom is -0.346 e. The highest BCUT2D eigenvalue weighted by molar-refractivity contribution is 7.89. The quantitative estimate of drug-likeness (QED) is 0.112. The lowest BCUT2D eigenvalue weighted by atomic mass is 9.85. The number of piperidine rings is 1. The number of rotatable bonds is 16. The second-order valence-corrected chi connectivity index (χ2v) is 19.3. The highest BCUT2D eigenvalue weighted by Crippen LogP contribution is 2.65. The van der Waals surface area contributed by atoms with Gasteiger partial charge in [-0.15, -0.1) is 6.58 Å². The Hall–Kier alpha value is -4.11. The highest BCUT2D eigenvalue weighted by Gasteiger charge is 2.70. The smallest absolute Gasteiger partial charge is 0.315 e. The van der Waals surface area contributed by atoms with E-state index in [0.717, 1.165) is 4.31 Å². The van der Waals surface area contributed by atoms with Crippen LogP contribution in [0.1, 0.15) is 92.4 Å². The number of carbonyl (C=O) groups excluding carboxylic acids is 6. The first-order valence-corrected chi connectivity index (χ1v) is 19.9. The van der Waals surface area contributed by atoms with Gasteiger partial charge >= 0.3 is 6.03 Å². The molecule has 1 unspecified atom stereocenters. The first-order chi connectivity index (χ1) is 24.8. The van der Waals surface area contributed by atoms with E-state index in [1.54, 1.807) is 20.8 Å². The van der Waals surface area contributed by atoms with E-state index in [-0.39, 0.29) is 54.0 Å². The Morgan fingerprint density at radius 3 is 2.07 bits per heavy atom. The van der Waals surface area contributed by atoms with Crippen LogP contribution in [0.4, 0.5) is 4.79 Å². The normalized spacial score (nSPS) is 20.9. The van der Waals surface area contributed by atoms with Crippen molar-refractivity contribution in [2.75, 3.05) is 26.7 Å². The van der Waals surface area contributed by atoms with Gasteiger partial charge in [0, 0.05) is 38.3 Å². The zero-order valence-corrected chi connectivity index (χ0v) is 34.5. The van der Waals surface area contributed by atoms with Crippen molar-refractivity contribution in [2.45, 2.75) is 111 Å². The molecular formula is C39H60N6O8S. The molecule has 1 saturated carbocycles. The van der Waals surface area contributed by atoms with Crippen molar-refractivity contribution in [3.8, 4) is 0 Å². The van der Waals surface area contributed by atoms with E-state index in [4.69, 9.17) is 0 Å². The first-order valence-electron chi connectivity index (χ1n) is 18.5. The fraction of sp³-hybridized carbons (Fsp3) is 0.641. The Morgan fingerprint density at radius 1 is 0.981 bits per heavy atom. The second kappa shape index (κ2) is 16.7. The molecular weight excluding hydrogens is 713 g/mol. The number of nitrogens with one attached hydrogen (secondary N) is 4. The Kier molecular flexibility index (Phi) is 13.7. The van der Waals surface area contributed by atoms with Crippen molar-refractivity contribution in [2.24, 2.45) is 28.1 Å². The monoisotopic (exact) mass is 772 g/mol. The molecule has 1 aromatic rings. The number of likely N-dealkylation sites (N-methyl/N-ethyl adjacent to an activating group) is 1. The lowest BCUT2D eigenvalue weighted by Gasteiger charge is -2.39. The number of fused-ring (bicyclic) bond motifs is 1. The summed E-state index contributed by atoms with van der Waals surface area (Å²) in [6, 6.07) is 1.14. The van der Waals surface area contributed by atoms with Crippen LogP contribution in [0.5, 0.6) is 0 Å². The highest BCUT2D eigenvalue weighted by atomic mass is 32.2. The summed E-state index contributed by atoms with van der Waals surface area (Å²) < 4.78 is 28.1. The van der Waals surface area contributed by atoms with E-state index in [2.05, 4.69) is 27.8 Å². The average Bonchev–Trinajstić information content (AvgIpc) is 3.37. The van der Waals surface area contributed by atoms with Gasteiger partial charge in [-0.2, -0.15) is 4.31 Å². The molecule has 300 valence electrons. The lowest BCUT2D eigenvalue weighted by molar-refractivity contribution is -0.145. The number of Topliss-reactive ketones (excluding diaryl/α,β-unsaturated/α-hetero) is 2. The van der Waals surface area contributed by atoms with Crippen LogP contribution in [0.15, 0.2) is 41.8 Å². The number of hydrogen-bond acceptors (Lipinski definition) is 8. The second-order valence-electron chi connectivity index (χ2n) is 17.3. The van der Waals surface area contributed by atoms with E-state index >= 15 is 0 Å². The molecule has 2 aliphatic rings. The molecule has 0 spiro atoms. The van der Waals surface area contributed by atoms with Crippen molar-refractivity contribution in [1.82, 2.24) is 30.5 Å². The van der Waals surface area contributed by atoms with Gasteiger partial charge in [-0.05, 0) is 53.6 Å². The van der Waals surface area contributed by atoms with Crippen LogP contribution in [0.25, 0.3) is 0 Å². The minimum absolute atomic E-state index is 0.00252. The largest absolute Gasteiger partial charge is 0.346 e. The molecule has 2 fully saturated rings. The molecule has 1 aromatic carbocycles. The summed E-state index contributed by atoms with van der Waals surface area (Å²) in [6.07, 6.45) is 2.20. The van der Waals surface area contributed by atoms with Gasteiger partial charge in [0.05, 0.1) is 10.9 Å². The minimum atomic E-state index is -3.99. The predicted octanol–water partition coefficient (Wildman–Crippen LogP) is 3.28. The van der Waals surface area contributed by atoms with Gasteiger partial charge in [0.15, 0.2) is 5.78 Å². The average molecular weight is 773 g/mol. The number of carbonyl (C=O) groups is 6. The van der Waals surface area contributed by atoms with Crippen LogP contribution in [0, 0.1) is 28.1 Å².